The van der Waals surface area contributed by atoms with Crippen LogP contribution in [0.3, 0.4) is 0 Å². The number of benzene rings is 1. The largest absolute Gasteiger partial charge is 0.379 e. The summed E-state index contributed by atoms with van der Waals surface area (Å²) in [5, 5.41) is 7.28. The molecular formula is C22H24ClN5O4S. The highest BCUT2D eigenvalue weighted by atomic mass is 35.5. The number of sulfonamides is 1. The second-order valence-corrected chi connectivity index (χ2v) is 10.1. The third kappa shape index (κ3) is 4.79. The number of carbonyl (C=O) groups excluding carboxylic acids is 1. The number of halogens is 1. The molecule has 0 bridgehead atoms. The van der Waals surface area contributed by atoms with E-state index in [4.69, 9.17) is 16.3 Å². The van der Waals surface area contributed by atoms with E-state index in [2.05, 4.69) is 15.4 Å². The van der Waals surface area contributed by atoms with Crippen LogP contribution in [0.15, 0.2) is 41.3 Å². The molecule has 0 saturated carbocycles. The Morgan fingerprint density at radius 2 is 1.82 bits per heavy atom. The standard InChI is InChI=1S/C22H24ClN5O4S/c1-14-4-5-17(13-19(14)33(30,31)27-8-10-32-11-9-27)24-22(29)21-18(23)6-7-20(25-21)28-16(3)12-15(2)26-28/h4-7,12-13H,8-11H2,1-3H3,(H,24,29). The number of rotatable bonds is 5. The van der Waals surface area contributed by atoms with Crippen LogP contribution < -0.4 is 5.32 Å². The van der Waals surface area contributed by atoms with E-state index in [0.717, 1.165) is 11.4 Å². The SMILES string of the molecule is Cc1cc(C)n(-c2ccc(Cl)c(C(=O)Nc3ccc(C)c(S(=O)(=O)N4CCOCC4)c3)n2)n1. The number of amides is 1. The predicted molar refractivity (Wildman–Crippen MR) is 125 cm³/mol. The molecule has 3 heterocycles. The number of aromatic nitrogens is 3. The monoisotopic (exact) mass is 489 g/mol. The molecule has 1 aromatic carbocycles. The number of ether oxygens (including phenoxy) is 1. The molecule has 1 fully saturated rings. The van der Waals surface area contributed by atoms with Gasteiger partial charge in [-0.1, -0.05) is 17.7 Å². The lowest BCUT2D eigenvalue weighted by Crippen LogP contribution is -2.40. The van der Waals surface area contributed by atoms with Crippen molar-refractivity contribution in [1.29, 1.82) is 0 Å². The zero-order valence-electron chi connectivity index (χ0n) is 18.5. The molecular weight excluding hydrogens is 466 g/mol. The molecule has 4 rings (SSSR count). The molecule has 0 atom stereocenters. The molecule has 1 saturated heterocycles. The molecule has 0 spiro atoms. The van der Waals surface area contributed by atoms with Gasteiger partial charge in [-0.15, -0.1) is 0 Å². The predicted octanol–water partition coefficient (Wildman–Crippen LogP) is 3.12. The zero-order chi connectivity index (χ0) is 23.8. The first-order chi connectivity index (χ1) is 15.7. The maximum Gasteiger partial charge on any atom is 0.275 e. The van der Waals surface area contributed by atoms with Gasteiger partial charge in [0.25, 0.3) is 5.91 Å². The number of nitrogens with one attached hydrogen (secondary N) is 1. The molecule has 3 aromatic rings. The lowest BCUT2D eigenvalue weighted by atomic mass is 10.2. The van der Waals surface area contributed by atoms with Gasteiger partial charge < -0.3 is 10.1 Å². The van der Waals surface area contributed by atoms with Gasteiger partial charge in [-0.2, -0.15) is 9.40 Å². The molecule has 1 amide bonds. The fourth-order valence-electron chi connectivity index (χ4n) is 3.64. The molecule has 0 aliphatic carbocycles. The number of anilines is 1. The number of hydrogen-bond acceptors (Lipinski definition) is 6. The smallest absolute Gasteiger partial charge is 0.275 e. The summed E-state index contributed by atoms with van der Waals surface area (Å²) >= 11 is 6.25. The van der Waals surface area contributed by atoms with Crippen LogP contribution in [-0.4, -0.2) is 59.7 Å². The van der Waals surface area contributed by atoms with Crippen LogP contribution >= 0.6 is 11.6 Å². The Hall–Kier alpha value is -2.79. The summed E-state index contributed by atoms with van der Waals surface area (Å²) in [5.41, 5.74) is 2.61. The van der Waals surface area contributed by atoms with Gasteiger partial charge >= 0.3 is 0 Å². The van der Waals surface area contributed by atoms with Crippen molar-refractivity contribution in [2.75, 3.05) is 31.6 Å². The van der Waals surface area contributed by atoms with Gasteiger partial charge in [0.2, 0.25) is 10.0 Å². The van der Waals surface area contributed by atoms with E-state index < -0.39 is 15.9 Å². The number of pyridine rings is 1. The molecule has 0 unspecified atom stereocenters. The number of morpholine rings is 1. The Morgan fingerprint density at radius 1 is 1.09 bits per heavy atom. The fourth-order valence-corrected chi connectivity index (χ4v) is 5.49. The number of aryl methyl sites for hydroxylation is 3. The summed E-state index contributed by atoms with van der Waals surface area (Å²) in [7, 11) is -3.72. The van der Waals surface area contributed by atoms with Crippen molar-refractivity contribution in [2.24, 2.45) is 0 Å². The van der Waals surface area contributed by atoms with Crippen LogP contribution in [0.5, 0.6) is 0 Å². The van der Waals surface area contributed by atoms with Crippen LogP contribution in [0.1, 0.15) is 27.4 Å². The second-order valence-electron chi connectivity index (χ2n) is 7.79. The van der Waals surface area contributed by atoms with Crippen LogP contribution in [0.4, 0.5) is 5.69 Å². The maximum atomic E-state index is 13.1. The van der Waals surface area contributed by atoms with Crippen molar-refractivity contribution in [1.82, 2.24) is 19.1 Å². The molecule has 2 aromatic heterocycles. The summed E-state index contributed by atoms with van der Waals surface area (Å²) in [4.78, 5) is 17.5. The lowest BCUT2D eigenvalue weighted by Gasteiger charge is -2.26. The van der Waals surface area contributed by atoms with Crippen LogP contribution in [0, 0.1) is 20.8 Å². The van der Waals surface area contributed by atoms with E-state index >= 15 is 0 Å². The van der Waals surface area contributed by atoms with E-state index in [-0.39, 0.29) is 28.7 Å². The molecule has 9 nitrogen and oxygen atoms in total. The molecule has 11 heteroatoms. The fraction of sp³-hybridized carbons (Fsp3) is 0.318. The van der Waals surface area contributed by atoms with Gasteiger partial charge in [0.1, 0.15) is 5.69 Å². The zero-order valence-corrected chi connectivity index (χ0v) is 20.1. The van der Waals surface area contributed by atoms with Crippen molar-refractivity contribution in [3.05, 3.63) is 64.1 Å². The van der Waals surface area contributed by atoms with E-state index in [0.29, 0.717) is 30.3 Å². The molecule has 0 radical (unpaired) electrons. The van der Waals surface area contributed by atoms with Gasteiger partial charge in [0.05, 0.1) is 28.8 Å². The second kappa shape index (κ2) is 9.22. The third-order valence-corrected chi connectivity index (χ3v) is 7.65. The minimum absolute atomic E-state index is 0.0138. The Kier molecular flexibility index (Phi) is 6.53. The first-order valence-electron chi connectivity index (χ1n) is 10.4. The Labute approximate surface area is 197 Å². The molecule has 33 heavy (non-hydrogen) atoms. The number of carbonyl (C=O) groups is 1. The minimum Gasteiger partial charge on any atom is -0.379 e. The minimum atomic E-state index is -3.72. The Balaban J connectivity index is 1.62. The number of hydrogen-bond donors (Lipinski definition) is 1. The maximum absolute atomic E-state index is 13.1. The summed E-state index contributed by atoms with van der Waals surface area (Å²) in [6.45, 7) is 6.75. The topological polar surface area (TPSA) is 106 Å². The normalized spacial score (nSPS) is 14.9. The Bertz CT molecular complexity index is 1320. The summed E-state index contributed by atoms with van der Waals surface area (Å²) in [5.74, 6) is -0.100. The quantitative estimate of drug-likeness (QED) is 0.590. The first kappa shape index (κ1) is 23.4. The van der Waals surface area contributed by atoms with Crippen molar-refractivity contribution >= 4 is 33.2 Å². The highest BCUT2D eigenvalue weighted by molar-refractivity contribution is 7.89. The third-order valence-electron chi connectivity index (χ3n) is 5.31. The van der Waals surface area contributed by atoms with Gasteiger partial charge in [-0.05, 0) is 56.7 Å². The van der Waals surface area contributed by atoms with Crippen molar-refractivity contribution in [3.63, 3.8) is 0 Å². The van der Waals surface area contributed by atoms with E-state index in [1.165, 1.54) is 10.4 Å². The van der Waals surface area contributed by atoms with Crippen LogP contribution in [-0.2, 0) is 14.8 Å². The molecule has 1 aliphatic rings. The molecule has 174 valence electrons. The average Bonchev–Trinajstić information content (AvgIpc) is 3.13. The molecule has 1 N–H and O–H groups in total. The first-order valence-corrected chi connectivity index (χ1v) is 12.2. The Morgan fingerprint density at radius 3 is 2.48 bits per heavy atom. The van der Waals surface area contributed by atoms with Crippen LogP contribution in [0.2, 0.25) is 5.02 Å². The van der Waals surface area contributed by atoms with E-state index in [1.807, 2.05) is 19.9 Å². The van der Waals surface area contributed by atoms with Crippen molar-refractivity contribution in [2.45, 2.75) is 25.7 Å². The van der Waals surface area contributed by atoms with Gasteiger partial charge in [-0.25, -0.2) is 18.1 Å². The van der Waals surface area contributed by atoms with Gasteiger partial charge in [-0.3, -0.25) is 4.79 Å². The van der Waals surface area contributed by atoms with Crippen molar-refractivity contribution < 1.29 is 17.9 Å². The molecule has 1 aliphatic heterocycles. The van der Waals surface area contributed by atoms with Crippen LogP contribution in [0.25, 0.3) is 5.82 Å². The van der Waals surface area contributed by atoms with Gasteiger partial charge in [0, 0.05) is 24.5 Å². The average molecular weight is 490 g/mol. The van der Waals surface area contributed by atoms with E-state index in [1.54, 1.807) is 35.9 Å². The summed E-state index contributed by atoms with van der Waals surface area (Å²) in [6, 6.07) is 9.92. The number of nitrogens with zero attached hydrogens (tertiary/aromatic N) is 4. The van der Waals surface area contributed by atoms with Crippen molar-refractivity contribution in [3.8, 4) is 5.82 Å². The highest BCUT2D eigenvalue weighted by Gasteiger charge is 2.28. The summed E-state index contributed by atoms with van der Waals surface area (Å²) in [6.07, 6.45) is 0. The summed E-state index contributed by atoms with van der Waals surface area (Å²) < 4.78 is 34.5. The highest BCUT2D eigenvalue weighted by Crippen LogP contribution is 2.25. The lowest BCUT2D eigenvalue weighted by molar-refractivity contribution is 0.0730. The van der Waals surface area contributed by atoms with Gasteiger partial charge in [0.15, 0.2) is 5.82 Å². The van der Waals surface area contributed by atoms with E-state index in [9.17, 15) is 13.2 Å².